The van der Waals surface area contributed by atoms with E-state index in [0.29, 0.717) is 39.4 Å². The zero-order valence-electron chi connectivity index (χ0n) is 14.9. The topological polar surface area (TPSA) is 61.9 Å². The van der Waals surface area contributed by atoms with Gasteiger partial charge in [-0.2, -0.15) is 0 Å². The second kappa shape index (κ2) is 8.45. The average Bonchev–Trinajstić information content (AvgIpc) is 2.64. The molecule has 2 aliphatic heterocycles. The molecule has 0 spiro atoms. The molecule has 2 heterocycles. The van der Waals surface area contributed by atoms with Crippen LogP contribution >= 0.6 is 0 Å². The number of ether oxygens (including phenoxy) is 1. The Hall–Kier alpha value is -1.92. The van der Waals surface area contributed by atoms with Gasteiger partial charge in [-0.05, 0) is 37.9 Å². The van der Waals surface area contributed by atoms with Gasteiger partial charge in [-0.1, -0.05) is 18.2 Å². The minimum absolute atomic E-state index is 0.00175. The molecule has 0 radical (unpaired) electrons. The Morgan fingerprint density at radius 1 is 1.20 bits per heavy atom. The van der Waals surface area contributed by atoms with Crippen LogP contribution in [-0.2, 0) is 14.3 Å². The number of hydrogen-bond acceptors (Lipinski definition) is 4. The van der Waals surface area contributed by atoms with Gasteiger partial charge in [-0.3, -0.25) is 14.5 Å². The molecule has 25 heavy (non-hydrogen) atoms. The second-order valence-electron chi connectivity index (χ2n) is 6.88. The normalized spacial score (nSPS) is 21.8. The monoisotopic (exact) mass is 345 g/mol. The SMILES string of the molecule is Cc1ccccc1NC(=O)CN1CCCC(C(=O)N2CCOCC2)C1. The van der Waals surface area contributed by atoms with Gasteiger partial charge in [0.1, 0.15) is 0 Å². The molecule has 1 aromatic carbocycles. The Morgan fingerprint density at radius 2 is 1.96 bits per heavy atom. The number of morpholine rings is 1. The zero-order chi connectivity index (χ0) is 17.6. The van der Waals surface area contributed by atoms with Gasteiger partial charge in [0.2, 0.25) is 11.8 Å². The van der Waals surface area contributed by atoms with E-state index in [0.717, 1.165) is 30.6 Å². The van der Waals surface area contributed by atoms with E-state index in [-0.39, 0.29) is 17.7 Å². The van der Waals surface area contributed by atoms with Crippen molar-refractivity contribution in [2.24, 2.45) is 5.92 Å². The van der Waals surface area contributed by atoms with Crippen LogP contribution in [-0.4, -0.2) is 67.6 Å². The van der Waals surface area contributed by atoms with E-state index in [9.17, 15) is 9.59 Å². The Balaban J connectivity index is 1.51. The van der Waals surface area contributed by atoms with Crippen LogP contribution in [0, 0.1) is 12.8 Å². The van der Waals surface area contributed by atoms with Crippen LogP contribution in [0.25, 0.3) is 0 Å². The van der Waals surface area contributed by atoms with E-state index in [4.69, 9.17) is 4.74 Å². The van der Waals surface area contributed by atoms with Gasteiger partial charge >= 0.3 is 0 Å². The molecule has 0 aliphatic carbocycles. The standard InChI is InChI=1S/C19H27N3O3/c1-15-5-2-3-7-17(15)20-18(23)14-21-8-4-6-16(13-21)19(24)22-9-11-25-12-10-22/h2-3,5,7,16H,4,6,8-14H2,1H3,(H,20,23). The summed E-state index contributed by atoms with van der Waals surface area (Å²) in [5, 5.41) is 2.97. The van der Waals surface area contributed by atoms with E-state index in [2.05, 4.69) is 10.2 Å². The molecule has 1 atom stereocenters. The first-order valence-electron chi connectivity index (χ1n) is 9.08. The molecule has 3 rings (SSSR count). The van der Waals surface area contributed by atoms with E-state index in [1.807, 2.05) is 36.1 Å². The fourth-order valence-electron chi connectivity index (χ4n) is 3.55. The van der Waals surface area contributed by atoms with Crippen molar-refractivity contribution in [2.75, 3.05) is 51.3 Å². The molecule has 136 valence electrons. The van der Waals surface area contributed by atoms with Crippen molar-refractivity contribution in [1.82, 2.24) is 9.80 Å². The van der Waals surface area contributed by atoms with Crippen molar-refractivity contribution >= 4 is 17.5 Å². The molecule has 6 heteroatoms. The van der Waals surface area contributed by atoms with Gasteiger partial charge in [0.05, 0.1) is 25.7 Å². The predicted molar refractivity (Wildman–Crippen MR) is 96.4 cm³/mol. The molecular formula is C19H27N3O3. The number of carbonyl (C=O) groups excluding carboxylic acids is 2. The minimum atomic E-state index is -0.0197. The number of anilines is 1. The van der Waals surface area contributed by atoms with Gasteiger partial charge in [0, 0.05) is 25.3 Å². The molecular weight excluding hydrogens is 318 g/mol. The van der Waals surface area contributed by atoms with Crippen molar-refractivity contribution in [3.8, 4) is 0 Å². The Kier molecular flexibility index (Phi) is 6.04. The summed E-state index contributed by atoms with van der Waals surface area (Å²) >= 11 is 0. The number of benzene rings is 1. The van der Waals surface area contributed by atoms with Crippen molar-refractivity contribution in [3.05, 3.63) is 29.8 Å². The molecule has 2 amide bonds. The minimum Gasteiger partial charge on any atom is -0.378 e. The number of para-hydroxylation sites is 1. The summed E-state index contributed by atoms with van der Waals surface area (Å²) in [6.07, 6.45) is 1.87. The van der Waals surface area contributed by atoms with Crippen LogP contribution in [0.5, 0.6) is 0 Å². The van der Waals surface area contributed by atoms with Gasteiger partial charge in [-0.15, -0.1) is 0 Å². The van der Waals surface area contributed by atoms with Crippen LogP contribution in [0.3, 0.4) is 0 Å². The Labute approximate surface area is 149 Å². The van der Waals surface area contributed by atoms with Crippen LogP contribution in [0.4, 0.5) is 5.69 Å². The Bertz CT molecular complexity index is 614. The fraction of sp³-hybridized carbons (Fsp3) is 0.579. The molecule has 0 bridgehead atoms. The first-order chi connectivity index (χ1) is 12.1. The van der Waals surface area contributed by atoms with Crippen molar-refractivity contribution in [1.29, 1.82) is 0 Å². The number of likely N-dealkylation sites (tertiary alicyclic amines) is 1. The van der Waals surface area contributed by atoms with Crippen molar-refractivity contribution in [3.63, 3.8) is 0 Å². The molecule has 2 fully saturated rings. The number of aryl methyl sites for hydroxylation is 1. The highest BCUT2D eigenvalue weighted by atomic mass is 16.5. The summed E-state index contributed by atoms with van der Waals surface area (Å²) in [5.74, 6) is 0.194. The number of rotatable bonds is 4. The molecule has 1 unspecified atom stereocenters. The lowest BCUT2D eigenvalue weighted by molar-refractivity contribution is -0.141. The summed E-state index contributed by atoms with van der Waals surface area (Å²) in [5.41, 5.74) is 1.90. The van der Waals surface area contributed by atoms with Gasteiger partial charge in [0.25, 0.3) is 0 Å². The quantitative estimate of drug-likeness (QED) is 0.898. The summed E-state index contributed by atoms with van der Waals surface area (Å²) < 4.78 is 5.32. The first-order valence-corrected chi connectivity index (χ1v) is 9.08. The fourth-order valence-corrected chi connectivity index (χ4v) is 3.55. The van der Waals surface area contributed by atoms with Crippen molar-refractivity contribution in [2.45, 2.75) is 19.8 Å². The van der Waals surface area contributed by atoms with Crippen LogP contribution in [0.1, 0.15) is 18.4 Å². The van der Waals surface area contributed by atoms with Gasteiger partial charge < -0.3 is 15.0 Å². The number of carbonyl (C=O) groups is 2. The van der Waals surface area contributed by atoms with Crippen molar-refractivity contribution < 1.29 is 14.3 Å². The lowest BCUT2D eigenvalue weighted by atomic mass is 9.96. The maximum atomic E-state index is 12.7. The lowest BCUT2D eigenvalue weighted by Gasteiger charge is -2.35. The lowest BCUT2D eigenvalue weighted by Crippen LogP contribution is -2.49. The van der Waals surface area contributed by atoms with E-state index < -0.39 is 0 Å². The number of nitrogens with one attached hydrogen (secondary N) is 1. The number of hydrogen-bond donors (Lipinski definition) is 1. The number of nitrogens with zero attached hydrogens (tertiary/aromatic N) is 2. The van der Waals surface area contributed by atoms with E-state index in [1.54, 1.807) is 0 Å². The Morgan fingerprint density at radius 3 is 2.72 bits per heavy atom. The molecule has 0 aromatic heterocycles. The number of piperidine rings is 1. The van der Waals surface area contributed by atoms with Crippen LogP contribution < -0.4 is 5.32 Å². The average molecular weight is 345 g/mol. The summed E-state index contributed by atoms with van der Waals surface area (Å²) in [7, 11) is 0. The van der Waals surface area contributed by atoms with Gasteiger partial charge in [0.15, 0.2) is 0 Å². The summed E-state index contributed by atoms with van der Waals surface area (Å²) in [4.78, 5) is 29.0. The maximum Gasteiger partial charge on any atom is 0.238 e. The molecule has 6 nitrogen and oxygen atoms in total. The molecule has 2 saturated heterocycles. The smallest absolute Gasteiger partial charge is 0.238 e. The highest BCUT2D eigenvalue weighted by molar-refractivity contribution is 5.93. The largest absolute Gasteiger partial charge is 0.378 e. The summed E-state index contributed by atoms with van der Waals surface area (Å²) in [6.45, 7) is 6.47. The molecule has 1 aromatic rings. The van der Waals surface area contributed by atoms with E-state index in [1.165, 1.54) is 0 Å². The third-order valence-electron chi connectivity index (χ3n) is 4.96. The highest BCUT2D eigenvalue weighted by Gasteiger charge is 2.30. The highest BCUT2D eigenvalue weighted by Crippen LogP contribution is 2.20. The summed E-state index contributed by atoms with van der Waals surface area (Å²) in [6, 6.07) is 7.76. The third-order valence-corrected chi connectivity index (χ3v) is 4.96. The van der Waals surface area contributed by atoms with Crippen LogP contribution in [0.2, 0.25) is 0 Å². The predicted octanol–water partition coefficient (Wildman–Crippen LogP) is 1.50. The third kappa shape index (κ3) is 4.80. The first kappa shape index (κ1) is 17.9. The van der Waals surface area contributed by atoms with E-state index >= 15 is 0 Å². The van der Waals surface area contributed by atoms with Crippen LogP contribution in [0.15, 0.2) is 24.3 Å². The second-order valence-corrected chi connectivity index (χ2v) is 6.88. The zero-order valence-corrected chi connectivity index (χ0v) is 14.9. The molecule has 1 N–H and O–H groups in total. The maximum absolute atomic E-state index is 12.7. The van der Waals surface area contributed by atoms with Gasteiger partial charge in [-0.25, -0.2) is 0 Å². The molecule has 0 saturated carbocycles. The number of amides is 2. The molecule has 2 aliphatic rings.